The number of amides is 1. The van der Waals surface area contributed by atoms with Gasteiger partial charge < -0.3 is 14.6 Å². The molecule has 118 valence electrons. The highest BCUT2D eigenvalue weighted by molar-refractivity contribution is 5.98. The van der Waals surface area contributed by atoms with Crippen LogP contribution in [0.15, 0.2) is 30.3 Å². The Kier molecular flexibility index (Phi) is 4.18. The molecule has 0 unspecified atom stereocenters. The molecule has 0 bridgehead atoms. The van der Waals surface area contributed by atoms with Gasteiger partial charge in [0.25, 0.3) is 5.91 Å². The second kappa shape index (κ2) is 6.10. The van der Waals surface area contributed by atoms with Crippen molar-refractivity contribution in [1.29, 1.82) is 0 Å². The van der Waals surface area contributed by atoms with E-state index in [1.54, 1.807) is 6.92 Å². The van der Waals surface area contributed by atoms with Crippen molar-refractivity contribution in [3.8, 4) is 0 Å². The van der Waals surface area contributed by atoms with Gasteiger partial charge in [0.15, 0.2) is 0 Å². The number of aryl methyl sites for hydroxylation is 1. The lowest BCUT2D eigenvalue weighted by Gasteiger charge is -2.35. The van der Waals surface area contributed by atoms with Crippen molar-refractivity contribution in [3.05, 3.63) is 36.0 Å². The van der Waals surface area contributed by atoms with Crippen molar-refractivity contribution < 1.29 is 9.90 Å². The summed E-state index contributed by atoms with van der Waals surface area (Å²) in [5.74, 6) is 0.0930. The van der Waals surface area contributed by atoms with Crippen molar-refractivity contribution >= 4 is 16.8 Å². The van der Waals surface area contributed by atoms with Gasteiger partial charge in [-0.2, -0.15) is 0 Å². The number of rotatable bonds is 3. The Morgan fingerprint density at radius 1 is 1.23 bits per heavy atom. The largest absolute Gasteiger partial charge is 0.392 e. The summed E-state index contributed by atoms with van der Waals surface area (Å²) in [5, 5.41) is 10.5. The molecule has 0 saturated carbocycles. The summed E-state index contributed by atoms with van der Waals surface area (Å²) in [6.07, 6.45) is -0.319. The Hall–Kier alpha value is -1.85. The van der Waals surface area contributed by atoms with E-state index in [1.165, 1.54) is 0 Å². The highest BCUT2D eigenvalue weighted by Gasteiger charge is 2.24. The van der Waals surface area contributed by atoms with E-state index in [-0.39, 0.29) is 12.0 Å². The first kappa shape index (κ1) is 15.1. The molecule has 1 amide bonds. The SMILES string of the molecule is C[C@H](O)CN1CCN(C(=O)c2cc3ccccc3n2C)CC1. The number of hydrogen-bond donors (Lipinski definition) is 1. The molecule has 3 rings (SSSR count). The van der Waals surface area contributed by atoms with Crippen LogP contribution in [0.25, 0.3) is 10.9 Å². The Bertz CT molecular complexity index is 670. The number of aliphatic hydroxyl groups excluding tert-OH is 1. The molecule has 0 radical (unpaired) electrons. The molecule has 1 fully saturated rings. The molecule has 1 atom stereocenters. The maximum atomic E-state index is 12.8. The monoisotopic (exact) mass is 301 g/mol. The average Bonchev–Trinajstić information content (AvgIpc) is 2.84. The number of fused-ring (bicyclic) bond motifs is 1. The fourth-order valence-electron chi connectivity index (χ4n) is 3.16. The van der Waals surface area contributed by atoms with Gasteiger partial charge in [-0.25, -0.2) is 0 Å². The summed E-state index contributed by atoms with van der Waals surface area (Å²) >= 11 is 0. The zero-order valence-corrected chi connectivity index (χ0v) is 13.2. The normalized spacial score (nSPS) is 17.9. The maximum absolute atomic E-state index is 12.8. The highest BCUT2D eigenvalue weighted by Crippen LogP contribution is 2.20. The van der Waals surface area contributed by atoms with Crippen LogP contribution in [-0.4, -0.2) is 64.2 Å². The molecule has 22 heavy (non-hydrogen) atoms. The predicted octanol–water partition coefficient (Wildman–Crippen LogP) is 1.32. The quantitative estimate of drug-likeness (QED) is 0.930. The van der Waals surface area contributed by atoms with E-state index >= 15 is 0 Å². The van der Waals surface area contributed by atoms with Crippen molar-refractivity contribution in [2.45, 2.75) is 13.0 Å². The fraction of sp³-hybridized carbons (Fsp3) is 0.471. The second-order valence-corrected chi connectivity index (χ2v) is 6.09. The van der Waals surface area contributed by atoms with Gasteiger partial charge in [0.1, 0.15) is 5.69 Å². The molecule has 1 saturated heterocycles. The third-order valence-corrected chi connectivity index (χ3v) is 4.35. The van der Waals surface area contributed by atoms with Crippen LogP contribution < -0.4 is 0 Å². The lowest BCUT2D eigenvalue weighted by molar-refractivity contribution is 0.0546. The van der Waals surface area contributed by atoms with E-state index in [0.717, 1.165) is 29.7 Å². The van der Waals surface area contributed by atoms with E-state index in [0.29, 0.717) is 19.6 Å². The van der Waals surface area contributed by atoms with Crippen LogP contribution in [-0.2, 0) is 7.05 Å². The van der Waals surface area contributed by atoms with Crippen molar-refractivity contribution in [2.75, 3.05) is 32.7 Å². The van der Waals surface area contributed by atoms with E-state index in [2.05, 4.69) is 4.90 Å². The van der Waals surface area contributed by atoms with Gasteiger partial charge in [-0.1, -0.05) is 18.2 Å². The minimum atomic E-state index is -0.319. The standard InChI is InChI=1S/C17H23N3O2/c1-13(21)12-19-7-9-20(10-8-19)17(22)16-11-14-5-3-4-6-15(14)18(16)2/h3-6,11,13,21H,7-10,12H2,1-2H3/t13-/m0/s1. The van der Waals surface area contributed by atoms with E-state index < -0.39 is 0 Å². The molecule has 2 aromatic rings. The minimum Gasteiger partial charge on any atom is -0.392 e. The Morgan fingerprint density at radius 2 is 1.91 bits per heavy atom. The third kappa shape index (κ3) is 2.87. The summed E-state index contributed by atoms with van der Waals surface area (Å²) in [4.78, 5) is 16.9. The fourth-order valence-corrected chi connectivity index (χ4v) is 3.16. The topological polar surface area (TPSA) is 48.7 Å². The molecule has 1 aromatic heterocycles. The van der Waals surface area contributed by atoms with Crippen LogP contribution >= 0.6 is 0 Å². The van der Waals surface area contributed by atoms with Crippen LogP contribution in [0.2, 0.25) is 0 Å². The van der Waals surface area contributed by atoms with Gasteiger partial charge in [-0.15, -0.1) is 0 Å². The Morgan fingerprint density at radius 3 is 2.55 bits per heavy atom. The molecule has 0 aliphatic carbocycles. The van der Waals surface area contributed by atoms with Gasteiger partial charge >= 0.3 is 0 Å². The van der Waals surface area contributed by atoms with Gasteiger partial charge in [0.05, 0.1) is 6.10 Å². The summed E-state index contributed by atoms with van der Waals surface area (Å²) in [5.41, 5.74) is 1.82. The number of carbonyl (C=O) groups excluding carboxylic acids is 1. The van der Waals surface area contributed by atoms with E-state index in [4.69, 9.17) is 0 Å². The van der Waals surface area contributed by atoms with Crippen LogP contribution in [0, 0.1) is 0 Å². The molecule has 1 aliphatic rings. The van der Waals surface area contributed by atoms with E-state index in [9.17, 15) is 9.90 Å². The first-order valence-corrected chi connectivity index (χ1v) is 7.80. The Balaban J connectivity index is 1.73. The first-order chi connectivity index (χ1) is 10.6. The molecule has 1 aliphatic heterocycles. The lowest BCUT2D eigenvalue weighted by atomic mass is 10.2. The van der Waals surface area contributed by atoms with Gasteiger partial charge in [-0.05, 0) is 19.1 Å². The third-order valence-electron chi connectivity index (χ3n) is 4.35. The van der Waals surface area contributed by atoms with Crippen molar-refractivity contribution in [2.24, 2.45) is 7.05 Å². The average molecular weight is 301 g/mol. The van der Waals surface area contributed by atoms with Gasteiger partial charge in [-0.3, -0.25) is 9.69 Å². The smallest absolute Gasteiger partial charge is 0.270 e. The van der Waals surface area contributed by atoms with Crippen LogP contribution in [0.3, 0.4) is 0 Å². The summed E-state index contributed by atoms with van der Waals surface area (Å²) in [6, 6.07) is 10.0. The van der Waals surface area contributed by atoms with Crippen molar-refractivity contribution in [3.63, 3.8) is 0 Å². The molecule has 1 N–H and O–H groups in total. The Labute approximate surface area is 130 Å². The number of piperazine rings is 1. The molecule has 0 spiro atoms. The number of hydrogen-bond acceptors (Lipinski definition) is 3. The molecular weight excluding hydrogens is 278 g/mol. The van der Waals surface area contributed by atoms with Crippen LogP contribution in [0.5, 0.6) is 0 Å². The zero-order valence-electron chi connectivity index (χ0n) is 13.2. The number of para-hydroxylation sites is 1. The van der Waals surface area contributed by atoms with Gasteiger partial charge in [0.2, 0.25) is 0 Å². The maximum Gasteiger partial charge on any atom is 0.270 e. The number of nitrogens with zero attached hydrogens (tertiary/aromatic N) is 3. The molecule has 5 heteroatoms. The number of benzene rings is 1. The summed E-state index contributed by atoms with van der Waals surface area (Å²) in [7, 11) is 1.94. The molecule has 1 aromatic carbocycles. The molecule has 2 heterocycles. The molecule has 5 nitrogen and oxygen atoms in total. The summed E-state index contributed by atoms with van der Waals surface area (Å²) in [6.45, 7) is 5.55. The number of aromatic nitrogens is 1. The number of β-amino-alcohol motifs (C(OH)–C–C–N with tert-alkyl or cyclic N) is 1. The predicted molar refractivity (Wildman–Crippen MR) is 86.9 cm³/mol. The second-order valence-electron chi connectivity index (χ2n) is 6.09. The molecular formula is C17H23N3O2. The van der Waals surface area contributed by atoms with E-state index in [1.807, 2.05) is 46.8 Å². The number of aliphatic hydroxyl groups is 1. The minimum absolute atomic E-state index is 0.0930. The first-order valence-electron chi connectivity index (χ1n) is 7.80. The van der Waals surface area contributed by atoms with Crippen molar-refractivity contribution in [1.82, 2.24) is 14.4 Å². The zero-order chi connectivity index (χ0) is 15.7. The number of carbonyl (C=O) groups is 1. The highest BCUT2D eigenvalue weighted by atomic mass is 16.3. The van der Waals surface area contributed by atoms with Crippen LogP contribution in [0.1, 0.15) is 17.4 Å². The van der Waals surface area contributed by atoms with Gasteiger partial charge in [0, 0.05) is 50.7 Å². The van der Waals surface area contributed by atoms with Crippen LogP contribution in [0.4, 0.5) is 0 Å². The summed E-state index contributed by atoms with van der Waals surface area (Å²) < 4.78 is 1.97. The lowest BCUT2D eigenvalue weighted by Crippen LogP contribution is -2.50.